The minimum atomic E-state index is -0.791. The van der Waals surface area contributed by atoms with Crippen molar-refractivity contribution in [3.63, 3.8) is 0 Å². The van der Waals surface area contributed by atoms with Gasteiger partial charge in [-0.1, -0.05) is 46.9 Å². The van der Waals surface area contributed by atoms with E-state index < -0.39 is 10.8 Å². The van der Waals surface area contributed by atoms with Gasteiger partial charge in [0.2, 0.25) is 0 Å². The van der Waals surface area contributed by atoms with E-state index in [1.54, 1.807) is 24.3 Å². The summed E-state index contributed by atoms with van der Waals surface area (Å²) in [7, 11) is 0. The number of halogens is 3. The number of nitriles is 1. The van der Waals surface area contributed by atoms with Gasteiger partial charge in [-0.3, -0.25) is 14.9 Å². The van der Waals surface area contributed by atoms with Gasteiger partial charge in [0.25, 0.3) is 11.6 Å². The average Bonchev–Trinajstić information content (AvgIpc) is 2.57. The lowest BCUT2D eigenvalue weighted by Crippen LogP contribution is -2.14. The third kappa shape index (κ3) is 4.48. The number of benzene rings is 2. The number of hydrogen-bond acceptors (Lipinski definition) is 4. The van der Waals surface area contributed by atoms with Crippen molar-refractivity contribution in [3.8, 4) is 6.07 Å². The largest absolute Gasteiger partial charge is 0.320 e. The molecule has 0 spiro atoms. The first-order valence-electron chi connectivity index (χ1n) is 6.64. The molecule has 0 fully saturated rings. The van der Waals surface area contributed by atoms with E-state index in [0.29, 0.717) is 5.56 Å². The van der Waals surface area contributed by atoms with Crippen LogP contribution in [-0.2, 0) is 4.79 Å². The third-order valence-corrected chi connectivity index (χ3v) is 4.22. The zero-order valence-corrected chi connectivity index (χ0v) is 14.6. The molecule has 0 aliphatic rings. The first-order valence-corrected chi connectivity index (χ1v) is 7.78. The van der Waals surface area contributed by atoms with Crippen LogP contribution in [0.2, 0.25) is 15.1 Å². The van der Waals surface area contributed by atoms with Crippen LogP contribution >= 0.6 is 34.8 Å². The molecule has 0 bridgehead atoms. The Morgan fingerprint density at radius 3 is 2.56 bits per heavy atom. The smallest absolute Gasteiger partial charge is 0.271 e. The van der Waals surface area contributed by atoms with Gasteiger partial charge in [-0.2, -0.15) is 5.26 Å². The van der Waals surface area contributed by atoms with Gasteiger partial charge in [-0.05, 0) is 23.8 Å². The van der Waals surface area contributed by atoms with Crippen LogP contribution in [0.3, 0.4) is 0 Å². The zero-order valence-electron chi connectivity index (χ0n) is 12.3. The van der Waals surface area contributed by atoms with Gasteiger partial charge in [0, 0.05) is 12.1 Å². The minimum absolute atomic E-state index is 0.0132. The summed E-state index contributed by atoms with van der Waals surface area (Å²) in [5.41, 5.74) is -0.128. The van der Waals surface area contributed by atoms with Gasteiger partial charge in [0.15, 0.2) is 0 Å². The number of anilines is 1. The first kappa shape index (κ1) is 18.7. The zero-order chi connectivity index (χ0) is 18.6. The van der Waals surface area contributed by atoms with Crippen molar-refractivity contribution in [2.75, 3.05) is 5.32 Å². The van der Waals surface area contributed by atoms with E-state index in [0.717, 1.165) is 6.07 Å². The molecule has 0 aliphatic heterocycles. The van der Waals surface area contributed by atoms with Gasteiger partial charge in [0.1, 0.15) is 11.6 Å². The Morgan fingerprint density at radius 1 is 1.20 bits per heavy atom. The third-order valence-electron chi connectivity index (χ3n) is 3.06. The molecule has 0 unspecified atom stereocenters. The second kappa shape index (κ2) is 7.99. The highest BCUT2D eigenvalue weighted by atomic mass is 35.5. The number of hydrogen-bond donors (Lipinski definition) is 1. The predicted molar refractivity (Wildman–Crippen MR) is 96.8 cm³/mol. The summed E-state index contributed by atoms with van der Waals surface area (Å²) in [6.45, 7) is 0. The van der Waals surface area contributed by atoms with Crippen LogP contribution in [-0.4, -0.2) is 10.8 Å². The van der Waals surface area contributed by atoms with Crippen molar-refractivity contribution in [1.29, 1.82) is 5.26 Å². The van der Waals surface area contributed by atoms with E-state index in [1.807, 2.05) is 0 Å². The quantitative estimate of drug-likeness (QED) is 0.336. The minimum Gasteiger partial charge on any atom is -0.320 e. The molecule has 2 aromatic carbocycles. The molecule has 0 saturated carbocycles. The molecule has 0 radical (unpaired) electrons. The van der Waals surface area contributed by atoms with Crippen molar-refractivity contribution in [1.82, 2.24) is 0 Å². The predicted octanol–water partition coefficient (Wildman–Crippen LogP) is 5.10. The molecule has 0 aliphatic carbocycles. The highest BCUT2D eigenvalue weighted by molar-refractivity contribution is 6.43. The Kier molecular flexibility index (Phi) is 5.99. The summed E-state index contributed by atoms with van der Waals surface area (Å²) in [6.07, 6.45) is 1.26. The summed E-state index contributed by atoms with van der Waals surface area (Å²) in [4.78, 5) is 22.5. The van der Waals surface area contributed by atoms with E-state index in [1.165, 1.54) is 18.2 Å². The maximum absolute atomic E-state index is 12.3. The number of amides is 1. The maximum atomic E-state index is 12.3. The molecule has 1 N–H and O–H groups in total. The Labute approximate surface area is 157 Å². The van der Waals surface area contributed by atoms with Crippen molar-refractivity contribution in [2.45, 2.75) is 0 Å². The number of non-ortho nitro benzene ring substituents is 1. The second-order valence-corrected chi connectivity index (χ2v) is 5.88. The first-order chi connectivity index (χ1) is 11.8. The van der Waals surface area contributed by atoms with Gasteiger partial charge >= 0.3 is 0 Å². The van der Waals surface area contributed by atoms with Crippen LogP contribution in [0.4, 0.5) is 11.4 Å². The van der Waals surface area contributed by atoms with Gasteiger partial charge in [0.05, 0.1) is 25.7 Å². The Morgan fingerprint density at radius 2 is 1.92 bits per heavy atom. The van der Waals surface area contributed by atoms with Crippen LogP contribution in [0, 0.1) is 21.4 Å². The van der Waals surface area contributed by atoms with Crippen LogP contribution in [0.15, 0.2) is 42.0 Å². The van der Waals surface area contributed by atoms with E-state index >= 15 is 0 Å². The number of nitro groups is 1. The maximum Gasteiger partial charge on any atom is 0.271 e. The summed E-state index contributed by atoms with van der Waals surface area (Å²) < 4.78 is 0. The van der Waals surface area contributed by atoms with Gasteiger partial charge < -0.3 is 5.32 Å². The average molecular weight is 397 g/mol. The van der Waals surface area contributed by atoms with E-state index in [2.05, 4.69) is 5.32 Å². The summed E-state index contributed by atoms with van der Waals surface area (Å²) >= 11 is 17.8. The summed E-state index contributed by atoms with van der Waals surface area (Å²) in [5.74, 6) is -0.791. The van der Waals surface area contributed by atoms with Crippen LogP contribution in [0.5, 0.6) is 0 Å². The number of nitro benzene ring substituents is 1. The molecule has 0 atom stereocenters. The lowest BCUT2D eigenvalue weighted by molar-refractivity contribution is -0.384. The van der Waals surface area contributed by atoms with E-state index in [-0.39, 0.29) is 32.0 Å². The standard InChI is InChI=1S/C16H8Cl3N3O3/c17-12-5-4-11(22(24)25)7-14(12)21-16(23)10(8-20)6-9-2-1-3-13(18)15(9)19/h1-7H,(H,21,23)/b10-6+. The van der Waals surface area contributed by atoms with Crippen LogP contribution < -0.4 is 5.32 Å². The molecular weight excluding hydrogens is 389 g/mol. The van der Waals surface area contributed by atoms with Crippen molar-refractivity contribution < 1.29 is 9.72 Å². The molecule has 6 nitrogen and oxygen atoms in total. The van der Waals surface area contributed by atoms with Crippen LogP contribution in [0.25, 0.3) is 6.08 Å². The Hall–Kier alpha value is -2.59. The highest BCUT2D eigenvalue weighted by Gasteiger charge is 2.15. The van der Waals surface area contributed by atoms with Crippen molar-refractivity contribution in [3.05, 3.63) is 72.7 Å². The van der Waals surface area contributed by atoms with E-state index in [4.69, 9.17) is 34.8 Å². The SMILES string of the molecule is N#C/C(=C\c1cccc(Cl)c1Cl)C(=O)Nc1cc([N+](=O)[O-])ccc1Cl. The van der Waals surface area contributed by atoms with Gasteiger partial charge in [-0.25, -0.2) is 0 Å². The number of carbonyl (C=O) groups is 1. The normalized spacial score (nSPS) is 10.9. The number of nitrogens with one attached hydrogen (secondary N) is 1. The molecule has 126 valence electrons. The molecule has 0 heterocycles. The van der Waals surface area contributed by atoms with Crippen LogP contribution in [0.1, 0.15) is 5.56 Å². The molecule has 2 rings (SSSR count). The molecular formula is C16H8Cl3N3O3. The fourth-order valence-electron chi connectivity index (χ4n) is 1.85. The lowest BCUT2D eigenvalue weighted by atomic mass is 10.1. The summed E-state index contributed by atoms with van der Waals surface area (Å²) in [6, 6.07) is 10.1. The fraction of sp³-hybridized carbons (Fsp3) is 0. The lowest BCUT2D eigenvalue weighted by Gasteiger charge is -2.07. The molecule has 0 saturated heterocycles. The van der Waals surface area contributed by atoms with E-state index in [9.17, 15) is 20.2 Å². The van der Waals surface area contributed by atoms with Crippen molar-refractivity contribution in [2.24, 2.45) is 0 Å². The molecule has 9 heteroatoms. The highest BCUT2D eigenvalue weighted by Crippen LogP contribution is 2.29. The van der Waals surface area contributed by atoms with Crippen molar-refractivity contribution >= 4 is 58.2 Å². The van der Waals surface area contributed by atoms with Gasteiger partial charge in [-0.15, -0.1) is 0 Å². The fourth-order valence-corrected chi connectivity index (χ4v) is 2.38. The molecule has 1 amide bonds. The molecule has 25 heavy (non-hydrogen) atoms. The Bertz CT molecular complexity index is 936. The Balaban J connectivity index is 2.34. The molecule has 2 aromatic rings. The number of carbonyl (C=O) groups excluding carboxylic acids is 1. The topological polar surface area (TPSA) is 96.0 Å². The number of nitrogens with zero attached hydrogens (tertiary/aromatic N) is 2. The second-order valence-electron chi connectivity index (χ2n) is 4.69. The summed E-state index contributed by atoms with van der Waals surface area (Å²) in [5, 5.41) is 23.0. The molecule has 0 aromatic heterocycles. The monoisotopic (exact) mass is 395 g/mol. The number of rotatable bonds is 4.